The van der Waals surface area contributed by atoms with Gasteiger partial charge in [0.15, 0.2) is 0 Å². The van der Waals surface area contributed by atoms with Crippen molar-refractivity contribution in [3.63, 3.8) is 0 Å². The van der Waals surface area contributed by atoms with Gasteiger partial charge in [-0.25, -0.2) is 13.2 Å². The Balaban J connectivity index is 2.03. The summed E-state index contributed by atoms with van der Waals surface area (Å²) in [6.07, 6.45) is 4.69. The van der Waals surface area contributed by atoms with Crippen molar-refractivity contribution >= 4 is 16.0 Å². The molecule has 2 heterocycles. The highest BCUT2D eigenvalue weighted by Crippen LogP contribution is 2.24. The quantitative estimate of drug-likeness (QED) is 0.580. The van der Waals surface area contributed by atoms with Gasteiger partial charge in [-0.3, -0.25) is 4.98 Å². The third-order valence-corrected chi connectivity index (χ3v) is 5.75. The molecule has 1 aromatic carbocycles. The molecule has 3 aromatic rings. The molecule has 0 amide bonds. The van der Waals surface area contributed by atoms with Gasteiger partial charge in [0.25, 0.3) is 0 Å². The maximum atomic E-state index is 13.4. The minimum atomic E-state index is -4.02. The number of sulfonamides is 1. The lowest BCUT2D eigenvalue weighted by Crippen LogP contribution is -2.31. The lowest BCUT2D eigenvalue weighted by molar-refractivity contribution is 0.0596. The first-order chi connectivity index (χ1) is 13.0. The van der Waals surface area contributed by atoms with Crippen LogP contribution >= 0.6 is 0 Å². The molecule has 2 aromatic heterocycles. The van der Waals surface area contributed by atoms with Gasteiger partial charge in [-0.1, -0.05) is 18.2 Å². The van der Waals surface area contributed by atoms with E-state index < -0.39 is 16.0 Å². The summed E-state index contributed by atoms with van der Waals surface area (Å²) >= 11 is 0. The zero-order chi connectivity index (χ0) is 19.3. The second-order valence-electron chi connectivity index (χ2n) is 5.70. The fourth-order valence-electron chi connectivity index (χ4n) is 2.61. The number of nitrogens with zero attached hydrogens (tertiary/aromatic N) is 2. The Labute approximate surface area is 157 Å². The molecule has 3 rings (SSSR count). The lowest BCUT2D eigenvalue weighted by Gasteiger charge is -2.22. The van der Waals surface area contributed by atoms with Gasteiger partial charge in [0.2, 0.25) is 10.0 Å². The van der Waals surface area contributed by atoms with Crippen LogP contribution in [-0.2, 0) is 27.8 Å². The zero-order valence-electron chi connectivity index (χ0n) is 14.6. The van der Waals surface area contributed by atoms with Crippen LogP contribution in [0.4, 0.5) is 0 Å². The summed E-state index contributed by atoms with van der Waals surface area (Å²) in [5.74, 6) is -0.230. The number of aromatic nitrogens is 1. The van der Waals surface area contributed by atoms with E-state index in [0.717, 1.165) is 0 Å². The fraction of sp³-hybridized carbons (Fsp3) is 0.158. The second-order valence-corrected chi connectivity index (χ2v) is 7.61. The van der Waals surface area contributed by atoms with Crippen LogP contribution in [0.3, 0.4) is 0 Å². The van der Waals surface area contributed by atoms with Crippen LogP contribution in [0, 0.1) is 0 Å². The number of methoxy groups -OCH3 is 1. The summed E-state index contributed by atoms with van der Waals surface area (Å²) in [5, 5.41) is 0. The van der Waals surface area contributed by atoms with E-state index in [2.05, 4.69) is 4.98 Å². The number of hydrogen-bond acceptors (Lipinski definition) is 6. The monoisotopic (exact) mass is 386 g/mol. The molecule has 0 aliphatic rings. The molecule has 27 heavy (non-hydrogen) atoms. The van der Waals surface area contributed by atoms with Crippen molar-refractivity contribution in [2.45, 2.75) is 18.0 Å². The van der Waals surface area contributed by atoms with Gasteiger partial charge < -0.3 is 9.15 Å². The van der Waals surface area contributed by atoms with E-state index in [-0.39, 0.29) is 23.5 Å². The maximum Gasteiger partial charge on any atom is 0.339 e. The number of rotatable bonds is 7. The molecular formula is C19H18N2O5S. The van der Waals surface area contributed by atoms with Crippen LogP contribution in [0.25, 0.3) is 0 Å². The molecule has 140 valence electrons. The van der Waals surface area contributed by atoms with Crippen LogP contribution < -0.4 is 0 Å². The highest BCUT2D eigenvalue weighted by atomic mass is 32.2. The van der Waals surface area contributed by atoms with E-state index in [0.29, 0.717) is 11.3 Å². The summed E-state index contributed by atoms with van der Waals surface area (Å²) in [7, 11) is -2.81. The molecule has 0 aliphatic heterocycles. The molecule has 0 radical (unpaired) electrons. The number of pyridine rings is 1. The largest absolute Gasteiger partial charge is 0.468 e. The fourth-order valence-corrected chi connectivity index (χ4v) is 4.18. The van der Waals surface area contributed by atoms with Crippen molar-refractivity contribution in [2.24, 2.45) is 0 Å². The van der Waals surface area contributed by atoms with Crippen LogP contribution in [-0.4, -0.2) is 30.8 Å². The number of furan rings is 1. The van der Waals surface area contributed by atoms with Gasteiger partial charge in [0, 0.05) is 18.9 Å². The Morgan fingerprint density at radius 2 is 1.93 bits per heavy atom. The number of carbonyl (C=O) groups is 1. The Morgan fingerprint density at radius 1 is 1.11 bits per heavy atom. The Morgan fingerprint density at radius 3 is 2.59 bits per heavy atom. The smallest absolute Gasteiger partial charge is 0.339 e. The molecule has 0 N–H and O–H groups in total. The number of hydrogen-bond donors (Lipinski definition) is 0. The van der Waals surface area contributed by atoms with E-state index in [4.69, 9.17) is 9.15 Å². The Bertz CT molecular complexity index is 1000. The Hall–Kier alpha value is -2.97. The molecule has 0 spiro atoms. The minimum Gasteiger partial charge on any atom is -0.468 e. The average molecular weight is 386 g/mol. The normalized spacial score (nSPS) is 11.5. The summed E-state index contributed by atoms with van der Waals surface area (Å²) in [4.78, 5) is 16.0. The van der Waals surface area contributed by atoms with Crippen LogP contribution in [0.5, 0.6) is 0 Å². The number of carbonyl (C=O) groups excluding carboxylic acids is 1. The van der Waals surface area contributed by atoms with Gasteiger partial charge in [-0.15, -0.1) is 0 Å². The lowest BCUT2D eigenvalue weighted by atomic mass is 10.2. The molecule has 0 unspecified atom stereocenters. The average Bonchev–Trinajstić information content (AvgIpc) is 3.21. The Kier molecular flexibility index (Phi) is 5.68. The SMILES string of the molecule is COC(=O)c1ccccc1S(=O)(=O)N(Cc1cccnc1)Cc1ccco1. The minimum absolute atomic E-state index is 0.0136. The molecule has 0 saturated heterocycles. The highest BCUT2D eigenvalue weighted by Gasteiger charge is 2.30. The highest BCUT2D eigenvalue weighted by molar-refractivity contribution is 7.89. The summed E-state index contributed by atoms with van der Waals surface area (Å²) in [5.41, 5.74) is 0.693. The van der Waals surface area contributed by atoms with Gasteiger partial charge in [-0.2, -0.15) is 4.31 Å². The second kappa shape index (κ2) is 8.15. The van der Waals surface area contributed by atoms with E-state index in [1.165, 1.54) is 29.8 Å². The number of benzene rings is 1. The van der Waals surface area contributed by atoms with E-state index in [1.54, 1.807) is 48.8 Å². The van der Waals surface area contributed by atoms with Gasteiger partial charge in [0.05, 0.1) is 30.4 Å². The van der Waals surface area contributed by atoms with Gasteiger partial charge in [-0.05, 0) is 35.9 Å². The summed E-state index contributed by atoms with van der Waals surface area (Å²) in [6, 6.07) is 12.9. The molecule has 7 nitrogen and oxygen atoms in total. The summed E-state index contributed by atoms with van der Waals surface area (Å²) in [6.45, 7) is 0.0894. The molecule has 0 aliphatic carbocycles. The third-order valence-electron chi connectivity index (χ3n) is 3.90. The standard InChI is InChI=1S/C19H18N2O5S/c1-25-19(22)17-8-2-3-9-18(17)27(23,24)21(14-16-7-5-11-26-16)13-15-6-4-10-20-12-15/h2-12H,13-14H2,1H3. The molecule has 0 bridgehead atoms. The molecule has 0 saturated carbocycles. The van der Waals surface area contributed by atoms with E-state index in [9.17, 15) is 13.2 Å². The van der Waals surface area contributed by atoms with Crippen molar-refractivity contribution in [3.05, 3.63) is 84.1 Å². The van der Waals surface area contributed by atoms with Crippen molar-refractivity contribution in [3.8, 4) is 0 Å². The van der Waals surface area contributed by atoms with Crippen molar-refractivity contribution in [1.29, 1.82) is 0 Å². The van der Waals surface area contributed by atoms with Gasteiger partial charge >= 0.3 is 5.97 Å². The third kappa shape index (κ3) is 4.24. The molecule has 0 fully saturated rings. The first-order valence-corrected chi connectivity index (χ1v) is 9.55. The molecule has 0 atom stereocenters. The van der Waals surface area contributed by atoms with Crippen LogP contribution in [0.2, 0.25) is 0 Å². The van der Waals surface area contributed by atoms with Crippen LogP contribution in [0.1, 0.15) is 21.7 Å². The van der Waals surface area contributed by atoms with Crippen molar-refractivity contribution in [1.82, 2.24) is 9.29 Å². The van der Waals surface area contributed by atoms with E-state index >= 15 is 0 Å². The predicted molar refractivity (Wildman–Crippen MR) is 97.2 cm³/mol. The van der Waals surface area contributed by atoms with Crippen molar-refractivity contribution < 1.29 is 22.4 Å². The van der Waals surface area contributed by atoms with Crippen LogP contribution in [0.15, 0.2) is 76.5 Å². The first-order valence-electron chi connectivity index (χ1n) is 8.11. The zero-order valence-corrected chi connectivity index (χ0v) is 15.4. The maximum absolute atomic E-state index is 13.4. The first kappa shape index (κ1) is 18.8. The van der Waals surface area contributed by atoms with Crippen molar-refractivity contribution in [2.75, 3.05) is 7.11 Å². The summed E-state index contributed by atoms with van der Waals surface area (Å²) < 4.78 is 38.0. The predicted octanol–water partition coefficient (Wildman–Crippen LogP) is 2.85. The van der Waals surface area contributed by atoms with E-state index in [1.807, 2.05) is 0 Å². The number of esters is 1. The van der Waals surface area contributed by atoms with Gasteiger partial charge in [0.1, 0.15) is 5.76 Å². The molecular weight excluding hydrogens is 368 g/mol. The topological polar surface area (TPSA) is 89.7 Å². The number of ether oxygens (including phenoxy) is 1. The molecule has 8 heteroatoms.